The van der Waals surface area contributed by atoms with E-state index in [-0.39, 0.29) is 17.7 Å². The standard InChI is InChI=1S/C20H27N3O3/c1-3-5-11-23-19(25)16-9-8-14(12-17(16)20(23)26)18(24)21-13-15-7-6-10-22(15)4-2/h8-9,12,15H,3-7,10-11,13H2,1-2H3,(H,21,24). The number of hydrogen-bond donors (Lipinski definition) is 1. The molecular formula is C20H27N3O3. The molecule has 0 bridgehead atoms. The van der Waals surface area contributed by atoms with Gasteiger partial charge in [-0.2, -0.15) is 0 Å². The van der Waals surface area contributed by atoms with Crippen LogP contribution in [0.5, 0.6) is 0 Å². The van der Waals surface area contributed by atoms with Crippen LogP contribution in [0.1, 0.15) is 70.6 Å². The molecular weight excluding hydrogens is 330 g/mol. The van der Waals surface area contributed by atoms with E-state index in [2.05, 4.69) is 17.1 Å². The summed E-state index contributed by atoms with van der Waals surface area (Å²) in [4.78, 5) is 41.0. The van der Waals surface area contributed by atoms with Crippen LogP contribution in [0.15, 0.2) is 18.2 Å². The molecule has 0 spiro atoms. The Kier molecular flexibility index (Phi) is 5.71. The van der Waals surface area contributed by atoms with Crippen LogP contribution in [0.3, 0.4) is 0 Å². The van der Waals surface area contributed by atoms with Crippen molar-refractivity contribution < 1.29 is 14.4 Å². The predicted molar refractivity (Wildman–Crippen MR) is 99.3 cm³/mol. The first kappa shape index (κ1) is 18.6. The summed E-state index contributed by atoms with van der Waals surface area (Å²) < 4.78 is 0. The molecule has 2 aliphatic rings. The molecule has 1 aromatic carbocycles. The number of rotatable bonds is 7. The predicted octanol–water partition coefficient (Wildman–Crippen LogP) is 2.30. The number of amides is 3. The molecule has 6 nitrogen and oxygen atoms in total. The fraction of sp³-hybridized carbons (Fsp3) is 0.550. The molecule has 2 heterocycles. The Hall–Kier alpha value is -2.21. The molecule has 1 aromatic rings. The van der Waals surface area contributed by atoms with Gasteiger partial charge in [0.25, 0.3) is 17.7 Å². The highest BCUT2D eigenvalue weighted by Gasteiger charge is 2.35. The van der Waals surface area contributed by atoms with Crippen molar-refractivity contribution in [1.29, 1.82) is 0 Å². The van der Waals surface area contributed by atoms with Gasteiger partial charge in [0.1, 0.15) is 0 Å². The minimum absolute atomic E-state index is 0.192. The third kappa shape index (κ3) is 3.51. The number of carbonyl (C=O) groups is 3. The first-order valence-corrected chi connectivity index (χ1v) is 9.59. The third-order valence-corrected chi connectivity index (χ3v) is 5.37. The summed E-state index contributed by atoms with van der Waals surface area (Å²) in [5.74, 6) is -0.737. The van der Waals surface area contributed by atoms with Crippen LogP contribution in [0.25, 0.3) is 0 Å². The van der Waals surface area contributed by atoms with Crippen molar-refractivity contribution in [3.05, 3.63) is 34.9 Å². The zero-order valence-corrected chi connectivity index (χ0v) is 15.6. The van der Waals surface area contributed by atoms with Gasteiger partial charge in [-0.25, -0.2) is 0 Å². The van der Waals surface area contributed by atoms with Crippen LogP contribution in [-0.4, -0.2) is 59.7 Å². The van der Waals surface area contributed by atoms with E-state index in [1.807, 2.05) is 6.92 Å². The molecule has 1 atom stereocenters. The van der Waals surface area contributed by atoms with Gasteiger partial charge >= 0.3 is 0 Å². The summed E-state index contributed by atoms with van der Waals surface area (Å²) in [6.45, 7) is 7.26. The molecule has 140 valence electrons. The second kappa shape index (κ2) is 7.99. The molecule has 6 heteroatoms. The highest BCUT2D eigenvalue weighted by Crippen LogP contribution is 2.24. The summed E-state index contributed by atoms with van der Waals surface area (Å²) >= 11 is 0. The van der Waals surface area contributed by atoms with E-state index in [9.17, 15) is 14.4 Å². The maximum atomic E-state index is 12.5. The van der Waals surface area contributed by atoms with Crippen molar-refractivity contribution in [3.63, 3.8) is 0 Å². The van der Waals surface area contributed by atoms with Gasteiger partial charge in [0.2, 0.25) is 0 Å². The Labute approximate surface area is 154 Å². The van der Waals surface area contributed by atoms with Crippen LogP contribution in [0, 0.1) is 0 Å². The summed E-state index contributed by atoms with van der Waals surface area (Å²) in [7, 11) is 0. The van der Waals surface area contributed by atoms with E-state index in [4.69, 9.17) is 0 Å². The molecule has 3 rings (SSSR count). The lowest BCUT2D eigenvalue weighted by atomic mass is 10.1. The second-order valence-corrected chi connectivity index (χ2v) is 7.01. The molecule has 3 amide bonds. The second-order valence-electron chi connectivity index (χ2n) is 7.01. The highest BCUT2D eigenvalue weighted by molar-refractivity contribution is 6.22. The summed E-state index contributed by atoms with van der Waals surface area (Å²) in [6.07, 6.45) is 3.96. The average Bonchev–Trinajstić information content (AvgIpc) is 3.21. The smallest absolute Gasteiger partial charge is 0.261 e. The summed E-state index contributed by atoms with van der Waals surface area (Å²) in [5.41, 5.74) is 1.17. The molecule has 1 N–H and O–H groups in total. The topological polar surface area (TPSA) is 69.7 Å². The molecule has 1 fully saturated rings. The van der Waals surface area contributed by atoms with Crippen LogP contribution in [0.2, 0.25) is 0 Å². The number of imide groups is 1. The monoisotopic (exact) mass is 357 g/mol. The largest absolute Gasteiger partial charge is 0.350 e. The fourth-order valence-electron chi connectivity index (χ4n) is 3.81. The molecule has 26 heavy (non-hydrogen) atoms. The molecule has 2 aliphatic heterocycles. The van der Waals surface area contributed by atoms with Gasteiger partial charge in [0.05, 0.1) is 11.1 Å². The van der Waals surface area contributed by atoms with Crippen molar-refractivity contribution in [3.8, 4) is 0 Å². The first-order chi connectivity index (χ1) is 12.6. The average molecular weight is 357 g/mol. The Balaban J connectivity index is 1.68. The Morgan fingerprint density at radius 1 is 1.19 bits per heavy atom. The van der Waals surface area contributed by atoms with Crippen molar-refractivity contribution in [2.75, 3.05) is 26.2 Å². The zero-order chi connectivity index (χ0) is 18.7. The Morgan fingerprint density at radius 3 is 2.69 bits per heavy atom. The first-order valence-electron chi connectivity index (χ1n) is 9.59. The van der Waals surface area contributed by atoms with E-state index < -0.39 is 0 Å². The normalized spacial score (nSPS) is 19.9. The molecule has 0 aliphatic carbocycles. The van der Waals surface area contributed by atoms with E-state index in [0.717, 1.165) is 38.8 Å². The Morgan fingerprint density at radius 2 is 1.96 bits per heavy atom. The van der Waals surface area contributed by atoms with E-state index >= 15 is 0 Å². The number of likely N-dealkylation sites (tertiary alicyclic amines) is 1. The number of carbonyl (C=O) groups excluding carboxylic acids is 3. The number of likely N-dealkylation sites (N-methyl/N-ethyl adjacent to an activating group) is 1. The van der Waals surface area contributed by atoms with Crippen molar-refractivity contribution >= 4 is 17.7 Å². The van der Waals surface area contributed by atoms with Gasteiger partial charge in [-0.3, -0.25) is 24.2 Å². The van der Waals surface area contributed by atoms with Gasteiger partial charge in [-0.1, -0.05) is 20.3 Å². The lowest BCUT2D eigenvalue weighted by molar-refractivity contribution is 0.0652. The number of unbranched alkanes of at least 4 members (excludes halogenated alkanes) is 1. The van der Waals surface area contributed by atoms with Gasteiger partial charge in [0.15, 0.2) is 0 Å². The van der Waals surface area contributed by atoms with Crippen LogP contribution in [0.4, 0.5) is 0 Å². The number of nitrogens with one attached hydrogen (secondary N) is 1. The van der Waals surface area contributed by atoms with Crippen molar-refractivity contribution in [2.24, 2.45) is 0 Å². The molecule has 0 saturated carbocycles. The molecule has 0 radical (unpaired) electrons. The lowest BCUT2D eigenvalue weighted by Gasteiger charge is -2.22. The zero-order valence-electron chi connectivity index (χ0n) is 15.6. The molecule has 0 aromatic heterocycles. The maximum absolute atomic E-state index is 12.5. The summed E-state index contributed by atoms with van der Waals surface area (Å²) in [5, 5.41) is 2.98. The quantitative estimate of drug-likeness (QED) is 0.760. The number of nitrogens with zero attached hydrogens (tertiary/aromatic N) is 2. The van der Waals surface area contributed by atoms with Crippen LogP contribution in [-0.2, 0) is 0 Å². The maximum Gasteiger partial charge on any atom is 0.261 e. The summed E-state index contributed by atoms with van der Waals surface area (Å²) in [6, 6.07) is 5.17. The van der Waals surface area contributed by atoms with Crippen LogP contribution < -0.4 is 5.32 Å². The van der Waals surface area contributed by atoms with E-state index in [1.54, 1.807) is 18.2 Å². The van der Waals surface area contributed by atoms with Crippen molar-refractivity contribution in [2.45, 2.75) is 45.6 Å². The van der Waals surface area contributed by atoms with E-state index in [1.165, 1.54) is 4.90 Å². The minimum Gasteiger partial charge on any atom is -0.350 e. The molecule has 1 unspecified atom stereocenters. The van der Waals surface area contributed by atoms with Gasteiger partial charge in [-0.05, 0) is 50.6 Å². The fourth-order valence-corrected chi connectivity index (χ4v) is 3.81. The van der Waals surface area contributed by atoms with Gasteiger partial charge in [-0.15, -0.1) is 0 Å². The minimum atomic E-state index is -0.291. The number of hydrogen-bond acceptors (Lipinski definition) is 4. The Bertz CT molecular complexity index is 716. The molecule has 1 saturated heterocycles. The third-order valence-electron chi connectivity index (χ3n) is 5.37. The highest BCUT2D eigenvalue weighted by atomic mass is 16.2. The van der Waals surface area contributed by atoms with Crippen molar-refractivity contribution in [1.82, 2.24) is 15.1 Å². The lowest BCUT2D eigenvalue weighted by Crippen LogP contribution is -2.40. The number of fused-ring (bicyclic) bond motifs is 1. The SMILES string of the molecule is CCCCN1C(=O)c2ccc(C(=O)NCC3CCCN3CC)cc2C1=O. The van der Waals surface area contributed by atoms with Crippen LogP contribution >= 0.6 is 0 Å². The van der Waals surface area contributed by atoms with E-state index in [0.29, 0.717) is 35.8 Å². The number of benzene rings is 1. The van der Waals surface area contributed by atoms with Gasteiger partial charge < -0.3 is 5.32 Å². The van der Waals surface area contributed by atoms with Gasteiger partial charge in [0, 0.05) is 24.7 Å².